The van der Waals surface area contributed by atoms with E-state index >= 15 is 0 Å². The molecule has 1 aromatic carbocycles. The number of para-hydroxylation sites is 1. The van der Waals surface area contributed by atoms with Gasteiger partial charge in [-0.15, -0.1) is 0 Å². The van der Waals surface area contributed by atoms with E-state index in [2.05, 4.69) is 0 Å². The minimum atomic E-state index is -3.15. The molecule has 0 saturated carbocycles. The summed E-state index contributed by atoms with van der Waals surface area (Å²) in [7, 11) is -3.15. The Hall–Kier alpha value is -1.22. The number of hydrogen-bond acceptors (Lipinski definition) is 5. The van der Waals surface area contributed by atoms with E-state index in [0.29, 0.717) is 32.7 Å². The first-order valence-electron chi connectivity index (χ1n) is 7.09. The lowest BCUT2D eigenvalue weighted by atomic mass is 10.3. The van der Waals surface area contributed by atoms with Crippen LogP contribution in [0.4, 0.5) is 4.39 Å². The van der Waals surface area contributed by atoms with Crippen molar-refractivity contribution in [1.29, 1.82) is 0 Å². The highest BCUT2D eigenvalue weighted by atomic mass is 32.2. The predicted octanol–water partition coefficient (Wildman–Crippen LogP) is 0.143. The van der Waals surface area contributed by atoms with Gasteiger partial charge >= 0.3 is 0 Å². The average molecular weight is 332 g/mol. The Kier molecular flexibility index (Phi) is 5.74. The Labute approximate surface area is 130 Å². The molecule has 0 radical (unpaired) electrons. The second kappa shape index (κ2) is 7.36. The molecule has 1 N–H and O–H groups in total. The molecule has 0 unspecified atom stereocenters. The van der Waals surface area contributed by atoms with Crippen molar-refractivity contribution in [3.05, 3.63) is 30.1 Å². The molecule has 22 heavy (non-hydrogen) atoms. The molecule has 0 spiro atoms. The van der Waals surface area contributed by atoms with Gasteiger partial charge in [-0.2, -0.15) is 4.31 Å². The summed E-state index contributed by atoms with van der Waals surface area (Å²) in [6.07, 6.45) is 0.434. The molecule has 1 atom stereocenters. The van der Waals surface area contributed by atoms with Crippen molar-refractivity contribution >= 4 is 10.0 Å². The predicted molar refractivity (Wildman–Crippen MR) is 80.8 cm³/mol. The van der Waals surface area contributed by atoms with Gasteiger partial charge in [0.15, 0.2) is 11.6 Å². The number of sulfonamides is 1. The zero-order chi connectivity index (χ0) is 16.2. The molecule has 1 fully saturated rings. The summed E-state index contributed by atoms with van der Waals surface area (Å²) in [5, 5.41) is 9.96. The Bertz CT molecular complexity index is 588. The van der Waals surface area contributed by atoms with Gasteiger partial charge in [0.05, 0.1) is 6.26 Å². The average Bonchev–Trinajstić information content (AvgIpc) is 2.46. The summed E-state index contributed by atoms with van der Waals surface area (Å²) in [6, 6.07) is 6.04. The van der Waals surface area contributed by atoms with Gasteiger partial charge in [0.2, 0.25) is 10.0 Å². The second-order valence-electron chi connectivity index (χ2n) is 5.36. The van der Waals surface area contributed by atoms with Gasteiger partial charge < -0.3 is 9.84 Å². The van der Waals surface area contributed by atoms with Crippen molar-refractivity contribution in [2.75, 3.05) is 45.6 Å². The van der Waals surface area contributed by atoms with E-state index in [4.69, 9.17) is 4.74 Å². The largest absolute Gasteiger partial charge is 0.488 e. The minimum absolute atomic E-state index is 0.00672. The van der Waals surface area contributed by atoms with E-state index in [9.17, 15) is 17.9 Å². The molecule has 6 nitrogen and oxygen atoms in total. The Morgan fingerprint density at radius 2 is 1.91 bits per heavy atom. The first-order chi connectivity index (χ1) is 10.4. The molecule has 0 aromatic heterocycles. The van der Waals surface area contributed by atoms with Crippen molar-refractivity contribution in [3.63, 3.8) is 0 Å². The molecule has 0 aliphatic carbocycles. The molecular weight excluding hydrogens is 311 g/mol. The van der Waals surface area contributed by atoms with E-state index in [1.165, 1.54) is 22.7 Å². The van der Waals surface area contributed by atoms with Crippen molar-refractivity contribution in [2.45, 2.75) is 6.10 Å². The maximum atomic E-state index is 13.4. The van der Waals surface area contributed by atoms with Crippen molar-refractivity contribution in [2.24, 2.45) is 0 Å². The number of aliphatic hydroxyl groups excluding tert-OH is 1. The Morgan fingerprint density at radius 3 is 2.50 bits per heavy atom. The van der Waals surface area contributed by atoms with Gasteiger partial charge in [-0.25, -0.2) is 12.8 Å². The van der Waals surface area contributed by atoms with E-state index in [1.807, 2.05) is 4.90 Å². The normalized spacial score (nSPS) is 19.0. The molecule has 1 aliphatic heterocycles. The van der Waals surface area contributed by atoms with Crippen LogP contribution in [0.3, 0.4) is 0 Å². The highest BCUT2D eigenvalue weighted by molar-refractivity contribution is 7.88. The van der Waals surface area contributed by atoms with Crippen LogP contribution in [0.1, 0.15) is 0 Å². The molecule has 8 heteroatoms. The SMILES string of the molecule is CS(=O)(=O)N1CCN(C[C@H](O)COc2ccccc2F)CC1. The summed E-state index contributed by atoms with van der Waals surface area (Å²) in [6.45, 7) is 2.31. The van der Waals surface area contributed by atoms with Crippen molar-refractivity contribution in [3.8, 4) is 5.75 Å². The topological polar surface area (TPSA) is 70.1 Å². The summed E-state index contributed by atoms with van der Waals surface area (Å²) in [5.74, 6) is -0.347. The molecule has 1 heterocycles. The number of ether oxygens (including phenoxy) is 1. The number of hydrogen-bond donors (Lipinski definition) is 1. The molecular formula is C14H21FN2O4S. The van der Waals surface area contributed by atoms with Crippen LogP contribution < -0.4 is 4.74 Å². The number of aliphatic hydroxyl groups is 1. The van der Waals surface area contributed by atoms with E-state index in [1.54, 1.807) is 12.1 Å². The van der Waals surface area contributed by atoms with Gasteiger partial charge in [0, 0.05) is 32.7 Å². The fourth-order valence-corrected chi connectivity index (χ4v) is 3.17. The van der Waals surface area contributed by atoms with E-state index < -0.39 is 21.9 Å². The number of benzene rings is 1. The van der Waals surface area contributed by atoms with Gasteiger partial charge in [-0.3, -0.25) is 4.90 Å². The smallest absolute Gasteiger partial charge is 0.211 e. The monoisotopic (exact) mass is 332 g/mol. The summed E-state index contributed by atoms with van der Waals surface area (Å²) in [5.41, 5.74) is 0. The minimum Gasteiger partial charge on any atom is -0.488 e. The number of rotatable bonds is 6. The Morgan fingerprint density at radius 1 is 1.27 bits per heavy atom. The zero-order valence-corrected chi connectivity index (χ0v) is 13.3. The van der Waals surface area contributed by atoms with E-state index in [0.717, 1.165) is 0 Å². The second-order valence-corrected chi connectivity index (χ2v) is 7.34. The quantitative estimate of drug-likeness (QED) is 0.803. The van der Waals surface area contributed by atoms with Crippen LogP contribution >= 0.6 is 0 Å². The lowest BCUT2D eigenvalue weighted by Gasteiger charge is -2.34. The highest BCUT2D eigenvalue weighted by Crippen LogP contribution is 2.15. The van der Waals surface area contributed by atoms with Crippen LogP contribution in [0.25, 0.3) is 0 Å². The van der Waals surface area contributed by atoms with Crippen LogP contribution in [-0.2, 0) is 10.0 Å². The summed E-state index contributed by atoms with van der Waals surface area (Å²) in [4.78, 5) is 1.97. The lowest BCUT2D eigenvalue weighted by molar-refractivity contribution is 0.0558. The van der Waals surface area contributed by atoms with Crippen LogP contribution in [0.15, 0.2) is 24.3 Å². The summed E-state index contributed by atoms with van der Waals surface area (Å²) < 4.78 is 42.9. The van der Waals surface area contributed by atoms with Crippen LogP contribution in [-0.4, -0.2) is 74.4 Å². The first kappa shape index (κ1) is 17.1. The molecule has 1 aromatic rings. The van der Waals surface area contributed by atoms with Gasteiger partial charge in [-0.1, -0.05) is 12.1 Å². The van der Waals surface area contributed by atoms with Gasteiger partial charge in [-0.05, 0) is 12.1 Å². The number of piperazine rings is 1. The fraction of sp³-hybridized carbons (Fsp3) is 0.571. The Balaban J connectivity index is 1.74. The lowest BCUT2D eigenvalue weighted by Crippen LogP contribution is -2.50. The van der Waals surface area contributed by atoms with Gasteiger partial charge in [0.1, 0.15) is 12.7 Å². The molecule has 2 rings (SSSR count). The zero-order valence-electron chi connectivity index (χ0n) is 12.5. The van der Waals surface area contributed by atoms with Crippen LogP contribution in [0.5, 0.6) is 5.75 Å². The highest BCUT2D eigenvalue weighted by Gasteiger charge is 2.24. The number of β-amino-alcohol motifs (C(OH)–C–C–N with tert-alkyl or cyclic N) is 1. The molecule has 124 valence electrons. The van der Waals surface area contributed by atoms with Crippen LogP contribution in [0, 0.1) is 5.82 Å². The van der Waals surface area contributed by atoms with Crippen molar-refractivity contribution < 1.29 is 22.7 Å². The molecule has 1 aliphatic rings. The maximum absolute atomic E-state index is 13.4. The number of halogens is 1. The standard InChI is InChI=1S/C14H21FN2O4S/c1-22(19,20)17-8-6-16(7-9-17)10-12(18)11-21-14-5-3-2-4-13(14)15/h2-5,12,18H,6-11H2,1H3/t12-/m0/s1. The third kappa shape index (κ3) is 4.91. The molecule has 0 bridgehead atoms. The first-order valence-corrected chi connectivity index (χ1v) is 8.94. The number of nitrogens with zero attached hydrogens (tertiary/aromatic N) is 2. The third-order valence-electron chi connectivity index (χ3n) is 3.54. The van der Waals surface area contributed by atoms with Crippen LogP contribution in [0.2, 0.25) is 0 Å². The molecule has 1 saturated heterocycles. The fourth-order valence-electron chi connectivity index (χ4n) is 2.34. The van der Waals surface area contributed by atoms with Gasteiger partial charge in [0.25, 0.3) is 0 Å². The summed E-state index contributed by atoms with van der Waals surface area (Å²) >= 11 is 0. The molecule has 0 amide bonds. The maximum Gasteiger partial charge on any atom is 0.211 e. The van der Waals surface area contributed by atoms with E-state index in [-0.39, 0.29) is 12.4 Å². The third-order valence-corrected chi connectivity index (χ3v) is 4.84. The van der Waals surface area contributed by atoms with Crippen molar-refractivity contribution in [1.82, 2.24) is 9.21 Å².